The first-order valence-electron chi connectivity index (χ1n) is 12.1. The van der Waals surface area contributed by atoms with Gasteiger partial charge in [0, 0.05) is 13.3 Å². The molecule has 0 spiro atoms. The summed E-state index contributed by atoms with van der Waals surface area (Å²) in [7, 11) is 0. The average molecular weight is 407 g/mol. The molecule has 29 heavy (non-hydrogen) atoms. The molecule has 0 aromatic heterocycles. The van der Waals surface area contributed by atoms with Crippen LogP contribution in [0.5, 0.6) is 0 Å². The van der Waals surface area contributed by atoms with E-state index in [1.807, 2.05) is 6.92 Å². The van der Waals surface area contributed by atoms with Gasteiger partial charge in [-0.1, -0.05) is 39.3 Å². The molecule has 0 saturated heterocycles. The Morgan fingerprint density at radius 2 is 1.90 bits per heavy atom. The van der Waals surface area contributed by atoms with E-state index in [0.717, 1.165) is 31.1 Å². The molecule has 0 bridgehead atoms. The predicted molar refractivity (Wildman–Crippen MR) is 114 cm³/mol. The molecule has 0 aromatic carbocycles. The molecule has 3 heteroatoms. The van der Waals surface area contributed by atoms with E-state index in [-0.39, 0.29) is 17.8 Å². The van der Waals surface area contributed by atoms with Crippen LogP contribution in [0.2, 0.25) is 0 Å². The van der Waals surface area contributed by atoms with Crippen molar-refractivity contribution in [3.05, 3.63) is 11.6 Å². The molecular weight excluding hydrogens is 366 g/mol. The summed E-state index contributed by atoms with van der Waals surface area (Å²) in [4.78, 5) is 11.4. The zero-order valence-corrected chi connectivity index (χ0v) is 19.1. The second-order valence-corrected chi connectivity index (χ2v) is 11.8. The molecule has 4 rings (SSSR count). The monoisotopic (exact) mass is 406 g/mol. The Kier molecular flexibility index (Phi) is 5.31. The fourth-order valence-corrected chi connectivity index (χ4v) is 8.51. The second-order valence-electron chi connectivity index (χ2n) is 11.8. The first kappa shape index (κ1) is 21.5. The third kappa shape index (κ3) is 3.33. The Bertz CT molecular complexity index is 697. The smallest absolute Gasteiger partial charge is 0.293 e. The minimum Gasteiger partial charge on any atom is -0.293 e. The molecule has 3 fully saturated rings. The van der Waals surface area contributed by atoms with E-state index < -0.39 is 11.7 Å². The lowest BCUT2D eigenvalue weighted by Crippen LogP contribution is -2.50. The number of hydrogen-bond acceptors (Lipinski definition) is 1. The van der Waals surface area contributed by atoms with Crippen LogP contribution in [-0.2, 0) is 4.79 Å². The van der Waals surface area contributed by atoms with E-state index in [2.05, 4.69) is 26.8 Å². The molecule has 0 N–H and O–H groups in total. The van der Waals surface area contributed by atoms with Gasteiger partial charge >= 0.3 is 5.92 Å². The fourth-order valence-electron chi connectivity index (χ4n) is 8.51. The number of fused-ring (bicyclic) bond motifs is 5. The lowest BCUT2D eigenvalue weighted by Gasteiger charge is -2.58. The summed E-state index contributed by atoms with van der Waals surface area (Å²) in [6, 6.07) is 0. The molecule has 0 aromatic rings. The van der Waals surface area contributed by atoms with Gasteiger partial charge in [0.05, 0.1) is 0 Å². The van der Waals surface area contributed by atoms with Gasteiger partial charge in [-0.15, -0.1) is 0 Å². The summed E-state index contributed by atoms with van der Waals surface area (Å²) >= 11 is 0. The van der Waals surface area contributed by atoms with Gasteiger partial charge in [-0.05, 0) is 97.7 Å². The van der Waals surface area contributed by atoms with Crippen LogP contribution in [0, 0.1) is 46.3 Å². The second kappa shape index (κ2) is 7.16. The highest BCUT2D eigenvalue weighted by Gasteiger charge is 2.59. The molecule has 3 saturated carbocycles. The van der Waals surface area contributed by atoms with E-state index in [9.17, 15) is 13.6 Å². The number of halogens is 2. The highest BCUT2D eigenvalue weighted by Crippen LogP contribution is 2.67. The van der Waals surface area contributed by atoms with Gasteiger partial charge in [0.2, 0.25) is 0 Å². The molecule has 164 valence electrons. The first-order valence-corrected chi connectivity index (χ1v) is 12.1. The van der Waals surface area contributed by atoms with Crippen molar-refractivity contribution in [2.24, 2.45) is 46.3 Å². The van der Waals surface area contributed by atoms with Crippen molar-refractivity contribution >= 4 is 5.78 Å². The Balaban J connectivity index is 1.55. The number of rotatable bonds is 4. The molecule has 0 amide bonds. The summed E-state index contributed by atoms with van der Waals surface area (Å²) < 4.78 is 28.4. The largest absolute Gasteiger partial charge is 0.305 e. The molecule has 3 unspecified atom stereocenters. The van der Waals surface area contributed by atoms with Crippen molar-refractivity contribution in [2.75, 3.05) is 0 Å². The van der Waals surface area contributed by atoms with E-state index in [4.69, 9.17) is 0 Å². The topological polar surface area (TPSA) is 17.1 Å². The predicted octanol–water partition coefficient (Wildman–Crippen LogP) is 7.45. The average Bonchev–Trinajstić information content (AvgIpc) is 2.99. The summed E-state index contributed by atoms with van der Waals surface area (Å²) in [6.45, 7) is 10.3. The Hall–Kier alpha value is -0.730. The molecular formula is C26H40F2O. The van der Waals surface area contributed by atoms with Gasteiger partial charge in [-0.25, -0.2) is 0 Å². The van der Waals surface area contributed by atoms with Gasteiger partial charge in [0.1, 0.15) is 0 Å². The first-order chi connectivity index (χ1) is 13.5. The van der Waals surface area contributed by atoms with Crippen LogP contribution in [0.15, 0.2) is 11.6 Å². The molecule has 0 heterocycles. The number of Topliss-reactive ketones (excluding diaryl/α,β-unsaturated/α-hetero) is 1. The number of alkyl halides is 2. The Labute approximate surface area is 176 Å². The maximum atomic E-state index is 14.2. The zero-order valence-electron chi connectivity index (χ0n) is 19.1. The fraction of sp³-hybridized carbons (Fsp3) is 0.885. The lowest BCUT2D eigenvalue weighted by molar-refractivity contribution is -0.144. The third-order valence-electron chi connectivity index (χ3n) is 10.2. The maximum Gasteiger partial charge on any atom is 0.305 e. The van der Waals surface area contributed by atoms with Crippen LogP contribution < -0.4 is 0 Å². The number of hydrogen-bond donors (Lipinski definition) is 0. The van der Waals surface area contributed by atoms with Crippen LogP contribution in [0.25, 0.3) is 0 Å². The molecule has 1 nitrogen and oxygen atoms in total. The van der Waals surface area contributed by atoms with Gasteiger partial charge in [-0.3, -0.25) is 4.79 Å². The third-order valence-corrected chi connectivity index (χ3v) is 10.2. The lowest BCUT2D eigenvalue weighted by atomic mass is 9.46. The molecule has 4 aliphatic rings. The maximum absolute atomic E-state index is 14.2. The van der Waals surface area contributed by atoms with Crippen molar-refractivity contribution in [3.8, 4) is 0 Å². The molecule has 4 aliphatic carbocycles. The molecule has 8 atom stereocenters. The number of carbonyl (C=O) groups is 1. The SMILES string of the molecule is CC(=O)C(F)(F)C[C@@H](C)[C@H]1CCC2C3CC=C4C[C@@H](C)CC[C@]4(C)C3CC[C@@]21C. The van der Waals surface area contributed by atoms with Crippen LogP contribution in [-0.4, -0.2) is 11.7 Å². The highest BCUT2D eigenvalue weighted by molar-refractivity contribution is 5.82. The van der Waals surface area contributed by atoms with Crippen molar-refractivity contribution in [1.29, 1.82) is 0 Å². The van der Waals surface area contributed by atoms with E-state index in [1.54, 1.807) is 5.57 Å². The summed E-state index contributed by atoms with van der Waals surface area (Å²) in [5.41, 5.74) is 2.27. The van der Waals surface area contributed by atoms with E-state index >= 15 is 0 Å². The molecule has 0 radical (unpaired) electrons. The quantitative estimate of drug-likeness (QED) is 0.443. The normalized spacial score (nSPS) is 45.6. The van der Waals surface area contributed by atoms with Crippen LogP contribution in [0.3, 0.4) is 0 Å². The van der Waals surface area contributed by atoms with Crippen LogP contribution >= 0.6 is 0 Å². The van der Waals surface area contributed by atoms with Crippen LogP contribution in [0.4, 0.5) is 8.78 Å². The van der Waals surface area contributed by atoms with Gasteiger partial charge in [0.15, 0.2) is 5.78 Å². The summed E-state index contributed by atoms with van der Waals surface area (Å²) in [5.74, 6) is -0.934. The number of ketones is 1. The Morgan fingerprint density at radius 3 is 2.59 bits per heavy atom. The van der Waals surface area contributed by atoms with E-state index in [1.165, 1.54) is 44.9 Å². The van der Waals surface area contributed by atoms with Crippen molar-refractivity contribution in [3.63, 3.8) is 0 Å². The number of allylic oxidation sites excluding steroid dienone is 2. The Morgan fingerprint density at radius 1 is 1.17 bits per heavy atom. The van der Waals surface area contributed by atoms with Crippen LogP contribution in [0.1, 0.15) is 92.4 Å². The minimum atomic E-state index is -3.17. The van der Waals surface area contributed by atoms with Crippen molar-refractivity contribution < 1.29 is 13.6 Å². The van der Waals surface area contributed by atoms with Gasteiger partial charge < -0.3 is 0 Å². The van der Waals surface area contributed by atoms with Gasteiger partial charge in [0.25, 0.3) is 0 Å². The standard InChI is InChI=1S/C26H40F2O/c1-16-10-12-24(4)19(14-16)6-7-20-22-9-8-21(25(22,5)13-11-23(20)24)17(2)15-26(27,28)18(3)29/h6,16-17,20-23H,7-15H2,1-5H3/t16-,17+,20?,21+,22?,23?,24-,25+/m0/s1. The number of carbonyl (C=O) groups excluding carboxylic acids is 1. The van der Waals surface area contributed by atoms with Crippen molar-refractivity contribution in [2.45, 2.75) is 98.3 Å². The summed E-state index contributed by atoms with van der Waals surface area (Å²) in [5, 5.41) is 0. The van der Waals surface area contributed by atoms with Crippen molar-refractivity contribution in [1.82, 2.24) is 0 Å². The van der Waals surface area contributed by atoms with Gasteiger partial charge in [-0.2, -0.15) is 8.78 Å². The minimum absolute atomic E-state index is 0.0961. The summed E-state index contributed by atoms with van der Waals surface area (Å²) in [6.07, 6.45) is 12.1. The zero-order chi connectivity index (χ0) is 21.2. The highest BCUT2D eigenvalue weighted by atomic mass is 19.3. The van der Waals surface area contributed by atoms with E-state index in [0.29, 0.717) is 17.3 Å². The molecule has 0 aliphatic heterocycles.